The second kappa shape index (κ2) is 8.72. The topological polar surface area (TPSA) is 116 Å². The van der Waals surface area contributed by atoms with Crippen LogP contribution in [0.3, 0.4) is 0 Å². The van der Waals surface area contributed by atoms with E-state index < -0.39 is 16.0 Å². The van der Waals surface area contributed by atoms with Crippen LogP contribution in [0.1, 0.15) is 20.7 Å². The van der Waals surface area contributed by atoms with Crippen LogP contribution < -0.4 is 14.6 Å². The molecular weight excluding hydrogens is 412 g/mol. The van der Waals surface area contributed by atoms with Gasteiger partial charge in [-0.1, -0.05) is 12.1 Å². The van der Waals surface area contributed by atoms with Crippen LogP contribution in [-0.4, -0.2) is 69.9 Å². The average Bonchev–Trinajstić information content (AvgIpc) is 2.78. The van der Waals surface area contributed by atoms with Crippen molar-refractivity contribution in [2.45, 2.75) is 4.90 Å². The fourth-order valence-corrected chi connectivity index (χ4v) is 4.63. The molecule has 0 aromatic heterocycles. The summed E-state index contributed by atoms with van der Waals surface area (Å²) in [4.78, 5) is 25.1. The zero-order valence-corrected chi connectivity index (χ0v) is 17.3. The molecule has 2 aromatic rings. The van der Waals surface area contributed by atoms with Gasteiger partial charge in [-0.15, -0.1) is 0 Å². The Bertz CT molecular complexity index is 1040. The van der Waals surface area contributed by atoms with Crippen LogP contribution in [0.5, 0.6) is 11.5 Å². The number of methoxy groups -OCH3 is 2. The summed E-state index contributed by atoms with van der Waals surface area (Å²) >= 11 is 0. The lowest BCUT2D eigenvalue weighted by molar-refractivity contribution is -0.255. The Morgan fingerprint density at radius 3 is 1.97 bits per heavy atom. The fourth-order valence-electron chi connectivity index (χ4n) is 3.19. The van der Waals surface area contributed by atoms with Crippen molar-refractivity contribution in [3.8, 4) is 11.5 Å². The van der Waals surface area contributed by atoms with Crippen LogP contribution in [0, 0.1) is 0 Å². The van der Waals surface area contributed by atoms with Gasteiger partial charge in [0.25, 0.3) is 5.91 Å². The minimum atomic E-state index is -3.76. The molecule has 2 aromatic carbocycles. The number of carbonyl (C=O) groups is 2. The van der Waals surface area contributed by atoms with E-state index in [4.69, 9.17) is 9.47 Å². The summed E-state index contributed by atoms with van der Waals surface area (Å²) in [6, 6.07) is 9.83. The number of ether oxygens (including phenoxy) is 2. The predicted octanol–water partition coefficient (Wildman–Crippen LogP) is 0.214. The standard InChI is InChI=1S/C20H22N2O7S/c1-28-17-8-7-16(13-18(17)29-2)30(26,27)22-11-9-21(10-12-22)19(23)14-3-5-15(6-4-14)20(24)25/h3-8,13H,9-12H2,1-2H3,(H,24,25)/p-1. The Morgan fingerprint density at radius 1 is 0.867 bits per heavy atom. The maximum atomic E-state index is 13.0. The molecule has 10 heteroatoms. The molecule has 9 nitrogen and oxygen atoms in total. The number of carboxylic acid groups (broad SMARTS) is 1. The van der Waals surface area contributed by atoms with Crippen molar-refractivity contribution < 1.29 is 32.6 Å². The van der Waals surface area contributed by atoms with Crippen molar-refractivity contribution in [1.29, 1.82) is 0 Å². The summed E-state index contributed by atoms with van der Waals surface area (Å²) in [6.45, 7) is 0.709. The molecule has 1 aliphatic heterocycles. The quantitative estimate of drug-likeness (QED) is 0.639. The number of piperazine rings is 1. The predicted molar refractivity (Wildman–Crippen MR) is 105 cm³/mol. The largest absolute Gasteiger partial charge is 0.545 e. The molecule has 0 spiro atoms. The molecule has 0 aliphatic carbocycles. The zero-order valence-electron chi connectivity index (χ0n) is 16.5. The first-order valence-electron chi connectivity index (χ1n) is 9.11. The van der Waals surface area contributed by atoms with Gasteiger partial charge in [0.1, 0.15) is 0 Å². The number of benzene rings is 2. The van der Waals surface area contributed by atoms with Crippen LogP contribution in [0.15, 0.2) is 47.4 Å². The molecule has 0 saturated carbocycles. The van der Waals surface area contributed by atoms with Gasteiger partial charge in [0, 0.05) is 37.8 Å². The Balaban J connectivity index is 1.70. The van der Waals surface area contributed by atoms with E-state index in [0.717, 1.165) is 0 Å². The Kier molecular flexibility index (Phi) is 6.28. The van der Waals surface area contributed by atoms with Crippen LogP contribution in [0.4, 0.5) is 0 Å². The highest BCUT2D eigenvalue weighted by atomic mass is 32.2. The molecule has 160 valence electrons. The van der Waals surface area contributed by atoms with Crippen molar-refractivity contribution in [3.63, 3.8) is 0 Å². The van der Waals surface area contributed by atoms with Crippen LogP contribution >= 0.6 is 0 Å². The first-order valence-corrected chi connectivity index (χ1v) is 10.5. The lowest BCUT2D eigenvalue weighted by atomic mass is 10.1. The molecule has 0 unspecified atom stereocenters. The second-order valence-electron chi connectivity index (χ2n) is 6.58. The van der Waals surface area contributed by atoms with Crippen molar-refractivity contribution in [3.05, 3.63) is 53.6 Å². The molecule has 1 aliphatic rings. The van der Waals surface area contributed by atoms with Gasteiger partial charge in [0.2, 0.25) is 10.0 Å². The number of carboxylic acids is 1. The third-order valence-corrected chi connectivity index (χ3v) is 6.78. The van der Waals surface area contributed by atoms with Gasteiger partial charge in [-0.3, -0.25) is 4.79 Å². The monoisotopic (exact) mass is 433 g/mol. The van der Waals surface area contributed by atoms with E-state index in [2.05, 4.69) is 0 Å². The summed E-state index contributed by atoms with van der Waals surface area (Å²) in [5.74, 6) is -0.866. The molecule has 1 amide bonds. The van der Waals surface area contributed by atoms with E-state index in [-0.39, 0.29) is 42.5 Å². The number of aromatic carboxylic acids is 1. The summed E-state index contributed by atoms with van der Waals surface area (Å²) in [5.41, 5.74) is 0.314. The van der Waals surface area contributed by atoms with Crippen molar-refractivity contribution in [2.24, 2.45) is 0 Å². The third kappa shape index (κ3) is 4.24. The molecule has 0 atom stereocenters. The number of nitrogens with zero attached hydrogens (tertiary/aromatic N) is 2. The molecule has 1 fully saturated rings. The second-order valence-corrected chi connectivity index (χ2v) is 8.52. The van der Waals surface area contributed by atoms with Crippen LogP contribution in [0.2, 0.25) is 0 Å². The number of carbonyl (C=O) groups excluding carboxylic acids is 2. The normalized spacial score (nSPS) is 14.9. The first kappa shape index (κ1) is 21.6. The van der Waals surface area contributed by atoms with E-state index in [1.807, 2.05) is 0 Å². The van der Waals surface area contributed by atoms with E-state index in [9.17, 15) is 23.1 Å². The lowest BCUT2D eigenvalue weighted by Gasteiger charge is -2.34. The molecule has 3 rings (SSSR count). The minimum absolute atomic E-state index is 0.0163. The van der Waals surface area contributed by atoms with E-state index in [0.29, 0.717) is 17.1 Å². The highest BCUT2D eigenvalue weighted by Crippen LogP contribution is 2.31. The molecule has 1 heterocycles. The maximum absolute atomic E-state index is 13.0. The Labute approximate surface area is 174 Å². The number of hydrogen-bond acceptors (Lipinski definition) is 7. The van der Waals surface area contributed by atoms with E-state index >= 15 is 0 Å². The van der Waals surface area contributed by atoms with E-state index in [1.165, 1.54) is 65.9 Å². The van der Waals surface area contributed by atoms with Crippen molar-refractivity contribution >= 4 is 21.9 Å². The number of sulfonamides is 1. The summed E-state index contributed by atoms with van der Waals surface area (Å²) in [6.07, 6.45) is 0. The van der Waals surface area contributed by atoms with E-state index in [1.54, 1.807) is 0 Å². The summed E-state index contributed by atoms with van der Waals surface area (Å²) in [7, 11) is -0.866. The fraction of sp³-hybridized carbons (Fsp3) is 0.300. The number of rotatable bonds is 6. The van der Waals surface area contributed by atoms with Crippen LogP contribution in [0.25, 0.3) is 0 Å². The SMILES string of the molecule is COc1ccc(S(=O)(=O)N2CCN(C(=O)c3ccc(C(=O)[O-])cc3)CC2)cc1OC. The van der Waals surface area contributed by atoms with Gasteiger partial charge in [0.15, 0.2) is 11.5 Å². The van der Waals surface area contributed by atoms with Crippen molar-refractivity contribution in [2.75, 3.05) is 40.4 Å². The number of amides is 1. The van der Waals surface area contributed by atoms with Gasteiger partial charge in [-0.2, -0.15) is 4.31 Å². The maximum Gasteiger partial charge on any atom is 0.253 e. The highest BCUT2D eigenvalue weighted by Gasteiger charge is 2.31. The van der Waals surface area contributed by atoms with Gasteiger partial charge in [-0.05, 0) is 29.8 Å². The van der Waals surface area contributed by atoms with Gasteiger partial charge in [0.05, 0.1) is 25.1 Å². The first-order chi connectivity index (χ1) is 14.3. The molecule has 1 saturated heterocycles. The third-order valence-electron chi connectivity index (χ3n) is 4.89. The van der Waals surface area contributed by atoms with Crippen molar-refractivity contribution in [1.82, 2.24) is 9.21 Å². The smallest absolute Gasteiger partial charge is 0.253 e. The van der Waals surface area contributed by atoms with Crippen LogP contribution in [-0.2, 0) is 10.0 Å². The summed E-state index contributed by atoms with van der Waals surface area (Å²) in [5, 5.41) is 10.8. The highest BCUT2D eigenvalue weighted by molar-refractivity contribution is 7.89. The Morgan fingerprint density at radius 2 is 1.43 bits per heavy atom. The number of hydrogen-bond donors (Lipinski definition) is 0. The molecular formula is C20H21N2O7S-. The van der Waals surface area contributed by atoms with Gasteiger partial charge >= 0.3 is 0 Å². The van der Waals surface area contributed by atoms with Gasteiger partial charge < -0.3 is 24.3 Å². The molecule has 30 heavy (non-hydrogen) atoms. The molecule has 0 bridgehead atoms. The molecule has 0 N–H and O–H groups in total. The summed E-state index contributed by atoms with van der Waals surface area (Å²) < 4.78 is 37.6. The zero-order chi connectivity index (χ0) is 21.9. The minimum Gasteiger partial charge on any atom is -0.545 e. The van der Waals surface area contributed by atoms with Gasteiger partial charge in [-0.25, -0.2) is 8.42 Å². The Hall–Kier alpha value is -3.11. The molecule has 0 radical (unpaired) electrons. The lowest BCUT2D eigenvalue weighted by Crippen LogP contribution is -2.50. The average molecular weight is 433 g/mol.